The van der Waals surface area contributed by atoms with Gasteiger partial charge >= 0.3 is 0 Å². The van der Waals surface area contributed by atoms with Crippen molar-refractivity contribution < 1.29 is 0 Å². The number of anilines is 12. The van der Waals surface area contributed by atoms with Gasteiger partial charge in [0.15, 0.2) is 0 Å². The molecule has 8 heteroatoms. The fourth-order valence-corrected chi connectivity index (χ4v) is 29.9. The summed E-state index contributed by atoms with van der Waals surface area (Å²) in [6, 6.07) is 191. The Morgan fingerprint density at radius 1 is 0.130 bits per heavy atom. The Bertz CT molecular complexity index is 9760. The summed E-state index contributed by atoms with van der Waals surface area (Å²) in [6.07, 6.45) is 0. The summed E-state index contributed by atoms with van der Waals surface area (Å²) in [5.74, 6) is 0. The number of hydrogen-bond acceptors (Lipinski definition) is 8. The van der Waals surface area contributed by atoms with Gasteiger partial charge in [-0.3, -0.25) is 0 Å². The van der Waals surface area contributed by atoms with Gasteiger partial charge < -0.3 is 19.6 Å². The van der Waals surface area contributed by atoms with Gasteiger partial charge in [-0.05, 0) is 350 Å². The van der Waals surface area contributed by atoms with Gasteiger partial charge in [0.25, 0.3) is 0 Å². The highest BCUT2D eigenvalue weighted by Crippen LogP contribution is 2.67. The quantitative estimate of drug-likeness (QED) is 0.121. The monoisotopic (exact) mass is 1920 g/mol. The number of thiophene rings is 4. The van der Waals surface area contributed by atoms with Crippen molar-refractivity contribution in [1.29, 1.82) is 0 Å². The Hall–Kier alpha value is -17.6. The van der Waals surface area contributed by atoms with Gasteiger partial charge in [-0.25, -0.2) is 0 Å². The summed E-state index contributed by atoms with van der Waals surface area (Å²) in [7, 11) is 0. The van der Waals surface area contributed by atoms with Crippen molar-refractivity contribution in [2.75, 3.05) is 19.6 Å². The van der Waals surface area contributed by atoms with E-state index in [1.54, 1.807) is 0 Å². The lowest BCUT2D eigenvalue weighted by atomic mass is 9.70. The van der Waals surface area contributed by atoms with Gasteiger partial charge in [-0.15, -0.1) is 45.3 Å². The van der Waals surface area contributed by atoms with Crippen LogP contribution in [0.4, 0.5) is 68.2 Å². The average Bonchev–Trinajstić information content (AvgIpc) is 1.50. The van der Waals surface area contributed by atoms with Crippen LogP contribution in [0.3, 0.4) is 0 Å². The summed E-state index contributed by atoms with van der Waals surface area (Å²) < 4.78 is 10.4. The minimum Gasteiger partial charge on any atom is -0.310 e. The van der Waals surface area contributed by atoms with Gasteiger partial charge in [0, 0.05) is 128 Å². The lowest BCUT2D eigenvalue weighted by Crippen LogP contribution is -2.25. The zero-order chi connectivity index (χ0) is 95.6. The molecule has 24 aromatic carbocycles. The molecule has 0 atom stereocenters. The van der Waals surface area contributed by atoms with E-state index in [0.29, 0.717) is 0 Å². The second-order valence-electron chi connectivity index (χ2n) is 39.1. The maximum atomic E-state index is 2.54. The number of para-hydroxylation sites is 4. The summed E-state index contributed by atoms with van der Waals surface area (Å²) >= 11 is 7.48. The number of rotatable bonds is 12. The molecule has 4 aliphatic carbocycles. The molecule has 0 saturated heterocycles. The third-order valence-corrected chi connectivity index (χ3v) is 36.2. The fraction of sp³-hybridized carbons (Fsp3) is 0.0145. The molecule has 4 nitrogen and oxygen atoms in total. The molecule has 0 unspecified atom stereocenters. The highest BCUT2D eigenvalue weighted by atomic mass is 32.1. The third kappa shape index (κ3) is 12.4. The van der Waals surface area contributed by atoms with Crippen LogP contribution in [0, 0.1) is 0 Å². The molecule has 4 heterocycles. The van der Waals surface area contributed by atoms with E-state index >= 15 is 0 Å². The molecule has 32 rings (SSSR count). The topological polar surface area (TPSA) is 13.0 Å². The molecule has 680 valence electrons. The summed E-state index contributed by atoms with van der Waals surface area (Å²) in [4.78, 5) is 9.76. The Morgan fingerprint density at radius 2 is 0.370 bits per heavy atom. The number of nitrogens with zero attached hydrogens (tertiary/aromatic N) is 4. The van der Waals surface area contributed by atoms with Gasteiger partial charge in [0.05, 0.1) is 31.6 Å². The van der Waals surface area contributed by atoms with E-state index in [9.17, 15) is 0 Å². The third-order valence-electron chi connectivity index (χ3n) is 31.5. The summed E-state index contributed by atoms with van der Waals surface area (Å²) in [5, 5.41) is 20.1. The maximum Gasteiger partial charge on any atom is 0.0725 e. The molecule has 146 heavy (non-hydrogen) atoms. The molecule has 2 spiro atoms. The van der Waals surface area contributed by atoms with Crippen LogP contribution in [0.15, 0.2) is 510 Å². The van der Waals surface area contributed by atoms with Gasteiger partial charge in [-0.1, -0.05) is 291 Å². The van der Waals surface area contributed by atoms with Crippen LogP contribution < -0.4 is 19.6 Å². The van der Waals surface area contributed by atoms with Gasteiger partial charge in [0.1, 0.15) is 0 Å². The van der Waals surface area contributed by atoms with E-state index < -0.39 is 10.8 Å². The van der Waals surface area contributed by atoms with Crippen molar-refractivity contribution in [1.82, 2.24) is 0 Å². The van der Waals surface area contributed by atoms with E-state index in [4.69, 9.17) is 0 Å². The van der Waals surface area contributed by atoms with Crippen LogP contribution in [0.1, 0.15) is 44.5 Å². The molecular weight excluding hydrogens is 1840 g/mol. The molecule has 28 aromatic rings. The minimum absolute atomic E-state index is 0.527. The normalized spacial score (nSPS) is 13.0. The second kappa shape index (κ2) is 32.5. The fourth-order valence-electron chi connectivity index (χ4n) is 25.3. The van der Waals surface area contributed by atoms with Crippen molar-refractivity contribution in [3.05, 3.63) is 554 Å². The SMILES string of the molecule is c1ccc(N(c2ccc3cc4c(cc3c2)C2(c3ccccc3-c3ccccc32)c2cc3cc(N(c5ccccc5)c5ccc6sc7ccccc7c6c5)ccc3cc2-4)c2ccc3sc4ccccc4c3c2)cc1.c1ccc(N(c2ccc3cc4c(cc3c2)C2(c3ccccc3-c3ccccc32)c2cc3cc(N(c5ccccc5)c5cccc6c5sc5ccccc56)ccc3cc2-4)c2cccc3c2sc2ccccc23)cc1. The predicted octanol–water partition coefficient (Wildman–Crippen LogP) is 40.0. The Kier molecular flexibility index (Phi) is 18.5. The Morgan fingerprint density at radius 3 is 0.692 bits per heavy atom. The lowest BCUT2D eigenvalue weighted by molar-refractivity contribution is 0.796. The van der Waals surface area contributed by atoms with Crippen LogP contribution >= 0.6 is 45.3 Å². The Labute approximate surface area is 859 Å². The number of benzene rings is 24. The number of fused-ring (bicyclic) bond motifs is 36. The highest BCUT2D eigenvalue weighted by Gasteiger charge is 2.54. The Balaban J connectivity index is 0.000000133. The standard InChI is InChI=1S/2C69H42N2S2/c1-3-17-47(18-4-1)70(63-29-15-25-55-53-23-9-13-31-65(53)72-67(55)63)49-35-33-43-39-57-58-40-44-34-36-50(71(48-19-5-2-6-20-48)64-30-16-26-56-54-24-10-14-32-66(54)73-68(56)64)38-46(44)42-62(58)69(61(57)41-45(43)37-49)59-27-11-7-21-51(59)52-22-8-12-28-60(52)69;1-3-15-47(16-4-1)70(51-31-33-67-59(41-51)55-21-9-13-25-65(55)72-67)49-29-27-43-37-57-58-38-44-28-30-50(71(48-17-5-2-6-18-48)52-32-34-68-60(42-52)56-22-10-14-26-66(56)73-68)36-46(44)40-64(58)69(63(57)39-45(43)35-49)61-23-11-7-19-53(61)54-20-8-12-24-62(54)69/h2*1-42H. The van der Waals surface area contributed by atoms with Crippen molar-refractivity contribution >= 4 is 237 Å². The van der Waals surface area contributed by atoms with Crippen molar-refractivity contribution in [2.45, 2.75) is 10.8 Å². The molecule has 0 aliphatic heterocycles. The predicted molar refractivity (Wildman–Crippen MR) is 626 cm³/mol. The van der Waals surface area contributed by atoms with Crippen molar-refractivity contribution in [3.8, 4) is 44.5 Å². The molecular formula is C138H84N4S4. The largest absolute Gasteiger partial charge is 0.310 e. The van der Waals surface area contributed by atoms with Crippen LogP contribution in [-0.4, -0.2) is 0 Å². The summed E-state index contributed by atoms with van der Waals surface area (Å²) in [5.41, 5.74) is 33.7. The van der Waals surface area contributed by atoms with Gasteiger partial charge in [0.2, 0.25) is 0 Å². The van der Waals surface area contributed by atoms with Crippen LogP contribution in [-0.2, 0) is 10.8 Å². The molecule has 0 radical (unpaired) electrons. The van der Waals surface area contributed by atoms with Crippen LogP contribution in [0.25, 0.3) is 168 Å². The first-order chi connectivity index (χ1) is 72.3. The number of hydrogen-bond donors (Lipinski definition) is 0. The molecule has 0 amide bonds. The molecule has 0 bridgehead atoms. The van der Waals surface area contributed by atoms with Gasteiger partial charge in [-0.2, -0.15) is 0 Å². The highest BCUT2D eigenvalue weighted by molar-refractivity contribution is 7.27. The summed E-state index contributed by atoms with van der Waals surface area (Å²) in [6.45, 7) is 0. The molecule has 0 N–H and O–H groups in total. The minimum atomic E-state index is -0.532. The van der Waals surface area contributed by atoms with E-state index in [1.807, 2.05) is 45.3 Å². The first-order valence-electron chi connectivity index (χ1n) is 50.1. The van der Waals surface area contributed by atoms with E-state index in [0.717, 1.165) is 56.9 Å². The van der Waals surface area contributed by atoms with E-state index in [1.165, 1.54) is 224 Å². The van der Waals surface area contributed by atoms with E-state index in [2.05, 4.69) is 529 Å². The van der Waals surface area contributed by atoms with Crippen LogP contribution in [0.5, 0.6) is 0 Å². The zero-order valence-electron chi connectivity index (χ0n) is 78.9. The second-order valence-corrected chi connectivity index (χ2v) is 43.4. The molecule has 0 saturated carbocycles. The molecule has 0 fully saturated rings. The average molecular weight is 1930 g/mol. The van der Waals surface area contributed by atoms with Crippen LogP contribution in [0.2, 0.25) is 0 Å². The van der Waals surface area contributed by atoms with Crippen molar-refractivity contribution in [2.24, 2.45) is 0 Å². The maximum absolute atomic E-state index is 2.54. The molecule has 4 aromatic heterocycles. The first-order valence-corrected chi connectivity index (χ1v) is 53.4. The zero-order valence-corrected chi connectivity index (χ0v) is 82.2. The lowest BCUT2D eigenvalue weighted by Gasteiger charge is -2.31. The first kappa shape index (κ1) is 83.1. The molecule has 4 aliphatic rings. The van der Waals surface area contributed by atoms with E-state index in [-0.39, 0.29) is 0 Å². The smallest absolute Gasteiger partial charge is 0.0725 e. The van der Waals surface area contributed by atoms with Crippen molar-refractivity contribution in [3.63, 3.8) is 0 Å².